The number of carbonyl (C=O) groups excluding carboxylic acids is 1. The topological polar surface area (TPSA) is 81.8 Å². The summed E-state index contributed by atoms with van der Waals surface area (Å²) in [4.78, 5) is 28.9. The van der Waals surface area contributed by atoms with Crippen LogP contribution in [0.4, 0.5) is 0 Å². The molecule has 3 aromatic rings. The van der Waals surface area contributed by atoms with Crippen LogP contribution in [0.1, 0.15) is 29.8 Å². The molecule has 2 heterocycles. The van der Waals surface area contributed by atoms with Crippen LogP contribution in [0, 0.1) is 20.8 Å². The number of hydrogen-bond acceptors (Lipinski definition) is 4. The van der Waals surface area contributed by atoms with Crippen molar-refractivity contribution in [3.05, 3.63) is 57.9 Å². The molecule has 0 radical (unpaired) electrons. The van der Waals surface area contributed by atoms with Crippen LogP contribution in [0.25, 0.3) is 10.9 Å². The van der Waals surface area contributed by atoms with Gasteiger partial charge >= 0.3 is 0 Å². The molecule has 1 amide bonds. The summed E-state index contributed by atoms with van der Waals surface area (Å²) in [6, 6.07) is 7.59. The molecule has 0 aliphatic carbocycles. The van der Waals surface area contributed by atoms with E-state index >= 15 is 0 Å². The van der Waals surface area contributed by atoms with E-state index in [1.165, 1.54) is 10.9 Å². The fourth-order valence-electron chi connectivity index (χ4n) is 3.17. The maximum atomic E-state index is 12.5. The molecule has 142 valence electrons. The number of nitrogens with one attached hydrogen (secondary N) is 1. The molecular weight excluding hydrogens is 342 g/mol. The fourth-order valence-corrected chi connectivity index (χ4v) is 3.17. The van der Waals surface area contributed by atoms with Crippen LogP contribution < -0.4 is 10.9 Å². The summed E-state index contributed by atoms with van der Waals surface area (Å²) in [5.74, 6) is -0.0698. The highest BCUT2D eigenvalue weighted by molar-refractivity contribution is 5.80. The number of amides is 1. The van der Waals surface area contributed by atoms with Gasteiger partial charge < -0.3 is 5.32 Å². The van der Waals surface area contributed by atoms with Crippen LogP contribution in [-0.2, 0) is 17.9 Å². The predicted octanol–water partition coefficient (Wildman–Crippen LogP) is 2.11. The number of aryl methyl sites for hydroxylation is 5. The smallest absolute Gasteiger partial charge is 0.261 e. The zero-order valence-corrected chi connectivity index (χ0v) is 16.0. The Morgan fingerprint density at radius 2 is 2.00 bits per heavy atom. The number of carbonyl (C=O) groups is 1. The summed E-state index contributed by atoms with van der Waals surface area (Å²) >= 11 is 0. The van der Waals surface area contributed by atoms with E-state index in [4.69, 9.17) is 0 Å². The summed E-state index contributed by atoms with van der Waals surface area (Å²) in [7, 11) is 0. The van der Waals surface area contributed by atoms with E-state index in [2.05, 4.69) is 15.4 Å². The van der Waals surface area contributed by atoms with Gasteiger partial charge in [-0.3, -0.25) is 18.8 Å². The lowest BCUT2D eigenvalue weighted by molar-refractivity contribution is -0.121. The normalized spacial score (nSPS) is 11.1. The van der Waals surface area contributed by atoms with E-state index in [1.54, 1.807) is 6.07 Å². The van der Waals surface area contributed by atoms with E-state index in [-0.39, 0.29) is 17.9 Å². The van der Waals surface area contributed by atoms with Gasteiger partial charge in [-0.1, -0.05) is 12.1 Å². The lowest BCUT2D eigenvalue weighted by Crippen LogP contribution is -2.28. The molecule has 7 heteroatoms. The molecule has 0 saturated carbocycles. The molecule has 1 aromatic carbocycles. The quantitative estimate of drug-likeness (QED) is 0.649. The highest BCUT2D eigenvalue weighted by Crippen LogP contribution is 2.11. The average molecular weight is 367 g/mol. The Morgan fingerprint density at radius 1 is 1.19 bits per heavy atom. The molecule has 3 rings (SSSR count). The van der Waals surface area contributed by atoms with Crippen molar-refractivity contribution in [2.45, 2.75) is 46.7 Å². The van der Waals surface area contributed by atoms with E-state index in [0.717, 1.165) is 29.9 Å². The van der Waals surface area contributed by atoms with E-state index in [1.807, 2.05) is 43.7 Å². The summed E-state index contributed by atoms with van der Waals surface area (Å²) < 4.78 is 3.45. The van der Waals surface area contributed by atoms with E-state index in [0.29, 0.717) is 24.0 Å². The van der Waals surface area contributed by atoms with Crippen molar-refractivity contribution >= 4 is 16.8 Å². The SMILES string of the molecule is Cc1cc(C)n(CCCNC(=O)CCn2cnc3c(C)cccc3c2=O)n1. The Hall–Kier alpha value is -2.96. The molecule has 0 bridgehead atoms. The second-order valence-corrected chi connectivity index (χ2v) is 6.82. The zero-order valence-electron chi connectivity index (χ0n) is 16.0. The molecule has 0 aliphatic heterocycles. The molecule has 0 atom stereocenters. The summed E-state index contributed by atoms with van der Waals surface area (Å²) in [5, 5.41) is 7.89. The van der Waals surface area contributed by atoms with Gasteiger partial charge in [0.1, 0.15) is 0 Å². The number of para-hydroxylation sites is 1. The Kier molecular flexibility index (Phi) is 5.69. The first-order valence-electron chi connectivity index (χ1n) is 9.18. The Morgan fingerprint density at radius 3 is 2.74 bits per heavy atom. The largest absolute Gasteiger partial charge is 0.356 e. The second kappa shape index (κ2) is 8.16. The van der Waals surface area contributed by atoms with Gasteiger partial charge in [-0.05, 0) is 44.9 Å². The Labute approximate surface area is 158 Å². The van der Waals surface area contributed by atoms with Crippen molar-refractivity contribution < 1.29 is 4.79 Å². The van der Waals surface area contributed by atoms with Gasteiger partial charge in [0.05, 0.1) is 22.9 Å². The third-order valence-electron chi connectivity index (χ3n) is 4.61. The lowest BCUT2D eigenvalue weighted by atomic mass is 10.1. The standard InChI is InChI=1S/C20H25N5O2/c1-14-6-4-7-17-19(14)22-13-24(20(17)27)11-8-18(26)21-9-5-10-25-16(3)12-15(2)23-25/h4,6-7,12-13H,5,8-11H2,1-3H3,(H,21,26). The van der Waals surface area contributed by atoms with Crippen molar-refractivity contribution in [2.24, 2.45) is 0 Å². The van der Waals surface area contributed by atoms with Crippen molar-refractivity contribution in [3.8, 4) is 0 Å². The highest BCUT2D eigenvalue weighted by atomic mass is 16.1. The maximum Gasteiger partial charge on any atom is 0.261 e. The van der Waals surface area contributed by atoms with Crippen molar-refractivity contribution in [1.82, 2.24) is 24.6 Å². The first-order valence-corrected chi connectivity index (χ1v) is 9.18. The lowest BCUT2D eigenvalue weighted by Gasteiger charge is -2.09. The molecule has 27 heavy (non-hydrogen) atoms. The van der Waals surface area contributed by atoms with Crippen LogP contribution in [0.5, 0.6) is 0 Å². The molecule has 0 saturated heterocycles. The number of nitrogens with zero attached hydrogens (tertiary/aromatic N) is 4. The van der Waals surface area contributed by atoms with Gasteiger partial charge in [-0.15, -0.1) is 0 Å². The first kappa shape index (κ1) is 18.8. The molecular formula is C20H25N5O2. The van der Waals surface area contributed by atoms with Crippen LogP contribution in [0.2, 0.25) is 0 Å². The van der Waals surface area contributed by atoms with Crippen molar-refractivity contribution in [3.63, 3.8) is 0 Å². The third kappa shape index (κ3) is 4.42. The zero-order chi connectivity index (χ0) is 19.4. The Balaban J connectivity index is 1.49. The fraction of sp³-hybridized carbons (Fsp3) is 0.400. The molecule has 7 nitrogen and oxygen atoms in total. The summed E-state index contributed by atoms with van der Waals surface area (Å²) in [6.45, 7) is 7.60. The molecule has 0 unspecified atom stereocenters. The van der Waals surface area contributed by atoms with Crippen molar-refractivity contribution in [1.29, 1.82) is 0 Å². The number of rotatable bonds is 7. The van der Waals surface area contributed by atoms with E-state index < -0.39 is 0 Å². The molecule has 0 aliphatic rings. The number of benzene rings is 1. The van der Waals surface area contributed by atoms with E-state index in [9.17, 15) is 9.59 Å². The van der Waals surface area contributed by atoms with Gasteiger partial charge in [0, 0.05) is 31.7 Å². The Bertz CT molecular complexity index is 1020. The summed E-state index contributed by atoms with van der Waals surface area (Å²) in [6.07, 6.45) is 2.58. The number of fused-ring (bicyclic) bond motifs is 1. The third-order valence-corrected chi connectivity index (χ3v) is 4.61. The highest BCUT2D eigenvalue weighted by Gasteiger charge is 2.08. The van der Waals surface area contributed by atoms with Gasteiger partial charge in [-0.2, -0.15) is 5.10 Å². The average Bonchev–Trinajstić information content (AvgIpc) is 2.96. The van der Waals surface area contributed by atoms with Gasteiger partial charge in [0.2, 0.25) is 5.91 Å². The minimum atomic E-state index is -0.110. The van der Waals surface area contributed by atoms with Gasteiger partial charge in [0.25, 0.3) is 5.56 Å². The number of hydrogen-bond donors (Lipinski definition) is 1. The van der Waals surface area contributed by atoms with Gasteiger partial charge in [0.15, 0.2) is 0 Å². The molecule has 0 fully saturated rings. The number of aromatic nitrogens is 4. The van der Waals surface area contributed by atoms with Crippen molar-refractivity contribution in [2.75, 3.05) is 6.54 Å². The maximum absolute atomic E-state index is 12.5. The minimum Gasteiger partial charge on any atom is -0.356 e. The summed E-state index contributed by atoms with van der Waals surface area (Å²) in [5.41, 5.74) is 3.70. The molecule has 0 spiro atoms. The van der Waals surface area contributed by atoms with Crippen LogP contribution in [0.15, 0.2) is 35.4 Å². The van der Waals surface area contributed by atoms with Crippen LogP contribution in [-0.4, -0.2) is 31.8 Å². The minimum absolute atomic E-state index is 0.0698. The monoisotopic (exact) mass is 367 g/mol. The molecule has 1 N–H and O–H groups in total. The van der Waals surface area contributed by atoms with Gasteiger partial charge in [-0.25, -0.2) is 4.98 Å². The first-order chi connectivity index (χ1) is 13.0. The predicted molar refractivity (Wildman–Crippen MR) is 105 cm³/mol. The van der Waals surface area contributed by atoms with Crippen LogP contribution >= 0.6 is 0 Å². The second-order valence-electron chi connectivity index (χ2n) is 6.82. The van der Waals surface area contributed by atoms with Crippen LogP contribution in [0.3, 0.4) is 0 Å². The molecule has 2 aromatic heterocycles.